The van der Waals surface area contributed by atoms with E-state index in [1.165, 1.54) is 0 Å². The van der Waals surface area contributed by atoms with Crippen molar-refractivity contribution in [1.82, 2.24) is 10.4 Å². The number of rotatable bonds is 4. The second kappa shape index (κ2) is 6.99. The van der Waals surface area contributed by atoms with E-state index in [2.05, 4.69) is 38.1 Å². The number of ether oxygens (including phenoxy) is 1. The fourth-order valence-corrected chi connectivity index (χ4v) is 2.24. The Morgan fingerprint density at radius 2 is 2.25 bits per heavy atom. The number of nitrogens with one attached hydrogen (secondary N) is 1. The van der Waals surface area contributed by atoms with Crippen molar-refractivity contribution < 1.29 is 9.53 Å². The van der Waals surface area contributed by atoms with Gasteiger partial charge in [-0.05, 0) is 58.5 Å². The van der Waals surface area contributed by atoms with E-state index in [0.717, 1.165) is 14.9 Å². The summed E-state index contributed by atoms with van der Waals surface area (Å²) >= 11 is 2.18. The van der Waals surface area contributed by atoms with Gasteiger partial charge in [0.05, 0.1) is 16.9 Å². The molecule has 0 aliphatic rings. The number of carbonyl (C=O) groups is 1. The van der Waals surface area contributed by atoms with Crippen molar-refractivity contribution in [2.24, 2.45) is 5.10 Å². The molecule has 0 saturated heterocycles. The van der Waals surface area contributed by atoms with Gasteiger partial charge in [-0.15, -0.1) is 0 Å². The summed E-state index contributed by atoms with van der Waals surface area (Å²) in [5.74, 6) is 0.463. The lowest BCUT2D eigenvalue weighted by Gasteiger charge is -2.03. The first-order chi connectivity index (χ1) is 9.70. The highest BCUT2D eigenvalue weighted by Crippen LogP contribution is 2.20. The Balaban J connectivity index is 2.00. The van der Waals surface area contributed by atoms with Gasteiger partial charge < -0.3 is 4.74 Å². The topological polar surface area (TPSA) is 63.6 Å². The van der Waals surface area contributed by atoms with Crippen molar-refractivity contribution in [2.75, 3.05) is 7.11 Å². The van der Waals surface area contributed by atoms with Crippen LogP contribution >= 0.6 is 22.6 Å². The van der Waals surface area contributed by atoms with E-state index < -0.39 is 0 Å². The number of halogens is 1. The van der Waals surface area contributed by atoms with Gasteiger partial charge in [-0.25, -0.2) is 5.43 Å². The number of aromatic nitrogens is 1. The van der Waals surface area contributed by atoms with Gasteiger partial charge in [0.2, 0.25) is 0 Å². The van der Waals surface area contributed by atoms with Gasteiger partial charge in [-0.1, -0.05) is 6.07 Å². The maximum absolute atomic E-state index is 11.7. The molecule has 1 aromatic heterocycles. The van der Waals surface area contributed by atoms with Gasteiger partial charge in [0, 0.05) is 6.20 Å². The molecule has 6 heteroatoms. The number of hydrogen-bond donors (Lipinski definition) is 1. The highest BCUT2D eigenvalue weighted by molar-refractivity contribution is 14.1. The number of pyridine rings is 1. The Labute approximate surface area is 130 Å². The van der Waals surface area contributed by atoms with Crippen LogP contribution < -0.4 is 10.2 Å². The van der Waals surface area contributed by atoms with E-state index in [1.54, 1.807) is 37.7 Å². The van der Waals surface area contributed by atoms with E-state index in [-0.39, 0.29) is 5.91 Å². The summed E-state index contributed by atoms with van der Waals surface area (Å²) in [4.78, 5) is 15.6. The van der Waals surface area contributed by atoms with E-state index in [1.807, 2.05) is 18.2 Å². The van der Waals surface area contributed by atoms with Crippen molar-refractivity contribution in [3.8, 4) is 5.75 Å². The third-order valence-corrected chi connectivity index (χ3v) is 3.30. The number of hydrogen-bond acceptors (Lipinski definition) is 4. The lowest BCUT2D eigenvalue weighted by atomic mass is 10.2. The second-order valence-electron chi connectivity index (χ2n) is 3.81. The summed E-state index contributed by atoms with van der Waals surface area (Å²) in [7, 11) is 1.62. The molecule has 0 aliphatic heterocycles. The van der Waals surface area contributed by atoms with Crippen molar-refractivity contribution in [3.63, 3.8) is 0 Å². The molecule has 5 nitrogen and oxygen atoms in total. The lowest BCUT2D eigenvalue weighted by molar-refractivity contribution is 0.0950. The highest BCUT2D eigenvalue weighted by atomic mass is 127. The van der Waals surface area contributed by atoms with Gasteiger partial charge in [0.1, 0.15) is 11.4 Å². The summed E-state index contributed by atoms with van der Waals surface area (Å²) in [5.41, 5.74) is 3.63. The van der Waals surface area contributed by atoms with Crippen LogP contribution in [0.3, 0.4) is 0 Å². The molecule has 0 bridgehead atoms. The number of benzene rings is 1. The van der Waals surface area contributed by atoms with E-state index in [0.29, 0.717) is 5.69 Å². The maximum Gasteiger partial charge on any atom is 0.289 e. The first-order valence-corrected chi connectivity index (χ1v) is 6.86. The number of carbonyl (C=O) groups excluding carboxylic acids is 1. The van der Waals surface area contributed by atoms with Crippen molar-refractivity contribution in [3.05, 3.63) is 57.4 Å². The average molecular weight is 381 g/mol. The fourth-order valence-electron chi connectivity index (χ4n) is 1.48. The summed E-state index contributed by atoms with van der Waals surface area (Å²) < 4.78 is 6.15. The quantitative estimate of drug-likeness (QED) is 0.503. The number of hydrazone groups is 1. The van der Waals surface area contributed by atoms with Crippen LogP contribution in [-0.2, 0) is 0 Å². The van der Waals surface area contributed by atoms with Crippen molar-refractivity contribution >= 4 is 34.7 Å². The third-order valence-electron chi connectivity index (χ3n) is 2.45. The molecule has 0 saturated carbocycles. The third kappa shape index (κ3) is 3.77. The Morgan fingerprint density at radius 1 is 1.40 bits per heavy atom. The average Bonchev–Trinajstić information content (AvgIpc) is 2.48. The molecule has 0 fully saturated rings. The zero-order valence-corrected chi connectivity index (χ0v) is 12.9. The zero-order chi connectivity index (χ0) is 14.4. The van der Waals surface area contributed by atoms with Crippen LogP contribution in [0.1, 0.15) is 16.1 Å². The Morgan fingerprint density at radius 3 is 2.90 bits per heavy atom. The molecular weight excluding hydrogens is 369 g/mol. The molecule has 2 rings (SSSR count). The minimum Gasteiger partial charge on any atom is -0.496 e. The van der Waals surface area contributed by atoms with Gasteiger partial charge in [-0.3, -0.25) is 9.78 Å². The smallest absolute Gasteiger partial charge is 0.289 e. The van der Waals surface area contributed by atoms with Crippen LogP contribution in [0, 0.1) is 3.57 Å². The minimum absolute atomic E-state index is 0.328. The summed E-state index contributed by atoms with van der Waals surface area (Å²) in [6, 6.07) is 10.7. The normalized spacial score (nSPS) is 10.5. The first-order valence-electron chi connectivity index (χ1n) is 5.78. The van der Waals surface area contributed by atoms with Crippen LogP contribution in [0.15, 0.2) is 47.7 Å². The first kappa shape index (κ1) is 14.4. The lowest BCUT2D eigenvalue weighted by Crippen LogP contribution is -2.18. The van der Waals surface area contributed by atoms with Crippen LogP contribution in [-0.4, -0.2) is 24.2 Å². The van der Waals surface area contributed by atoms with E-state index in [9.17, 15) is 4.79 Å². The summed E-state index contributed by atoms with van der Waals surface area (Å²) in [6.45, 7) is 0. The molecule has 102 valence electrons. The van der Waals surface area contributed by atoms with Gasteiger partial charge in [0.25, 0.3) is 5.91 Å². The fraction of sp³-hybridized carbons (Fsp3) is 0.0714. The molecule has 1 aromatic carbocycles. The SMILES string of the molecule is COc1ccc(/C=N\NC(=O)c2ccccn2)cc1I. The van der Waals surface area contributed by atoms with Crippen LogP contribution in [0.2, 0.25) is 0 Å². The van der Waals surface area contributed by atoms with Gasteiger partial charge in [0.15, 0.2) is 0 Å². The number of nitrogens with zero attached hydrogens (tertiary/aromatic N) is 2. The largest absolute Gasteiger partial charge is 0.496 e. The molecule has 1 amide bonds. The molecule has 1 N–H and O–H groups in total. The molecule has 0 atom stereocenters. The van der Waals surface area contributed by atoms with E-state index in [4.69, 9.17) is 4.74 Å². The minimum atomic E-state index is -0.343. The zero-order valence-electron chi connectivity index (χ0n) is 10.7. The van der Waals surface area contributed by atoms with Crippen molar-refractivity contribution in [1.29, 1.82) is 0 Å². The Bertz CT molecular complexity index is 630. The Kier molecular flexibility index (Phi) is 5.05. The van der Waals surface area contributed by atoms with E-state index >= 15 is 0 Å². The summed E-state index contributed by atoms with van der Waals surface area (Å²) in [5, 5.41) is 3.91. The Hall–Kier alpha value is -1.96. The molecule has 0 spiro atoms. The molecule has 1 heterocycles. The molecule has 0 aliphatic carbocycles. The number of amides is 1. The van der Waals surface area contributed by atoms with Crippen LogP contribution in [0.25, 0.3) is 0 Å². The number of methoxy groups -OCH3 is 1. The predicted molar refractivity (Wildman–Crippen MR) is 85.0 cm³/mol. The molecule has 0 radical (unpaired) electrons. The van der Waals surface area contributed by atoms with Gasteiger partial charge in [-0.2, -0.15) is 5.10 Å². The van der Waals surface area contributed by atoms with Crippen molar-refractivity contribution in [2.45, 2.75) is 0 Å². The molecule has 2 aromatic rings. The maximum atomic E-state index is 11.7. The molecule has 0 unspecified atom stereocenters. The van der Waals surface area contributed by atoms with Gasteiger partial charge >= 0.3 is 0 Å². The van der Waals surface area contributed by atoms with Crippen LogP contribution in [0.4, 0.5) is 0 Å². The standard InChI is InChI=1S/C14H12IN3O2/c1-20-13-6-5-10(8-11(13)15)9-17-18-14(19)12-4-2-3-7-16-12/h2-9H,1H3,(H,18,19)/b17-9-. The van der Waals surface area contributed by atoms with Crippen LogP contribution in [0.5, 0.6) is 5.75 Å². The molecular formula is C14H12IN3O2. The summed E-state index contributed by atoms with van der Waals surface area (Å²) in [6.07, 6.45) is 3.13. The monoisotopic (exact) mass is 381 g/mol. The highest BCUT2D eigenvalue weighted by Gasteiger charge is 2.04. The molecule has 20 heavy (non-hydrogen) atoms. The predicted octanol–water partition coefficient (Wildman–Crippen LogP) is 2.46. The second-order valence-corrected chi connectivity index (χ2v) is 4.97.